The first-order valence-electron chi connectivity index (χ1n) is 8.33. The van der Waals surface area contributed by atoms with E-state index in [1.165, 1.54) is 44.1 Å². The normalized spacial score (nSPS) is 21.7. The average Bonchev–Trinajstić information content (AvgIpc) is 3.32. The molecule has 0 bridgehead atoms. The van der Waals surface area contributed by atoms with Gasteiger partial charge in [-0.1, -0.05) is 49.9 Å². The molecular weight excluding hydrogens is 262 g/mol. The number of carboxylic acids is 1. The summed E-state index contributed by atoms with van der Waals surface area (Å²) in [7, 11) is 0. The molecule has 2 aliphatic rings. The summed E-state index contributed by atoms with van der Waals surface area (Å²) in [6, 6.07) is 7.90. The molecule has 2 N–H and O–H groups in total. The van der Waals surface area contributed by atoms with Crippen LogP contribution in [0.5, 0.6) is 0 Å². The number of carboxylic acid groups (broad SMARTS) is 1. The minimum absolute atomic E-state index is 0.348. The molecule has 21 heavy (non-hydrogen) atoms. The molecule has 0 aromatic heterocycles. The maximum absolute atomic E-state index is 11.8. The van der Waals surface area contributed by atoms with Crippen molar-refractivity contribution in [2.75, 3.05) is 0 Å². The van der Waals surface area contributed by atoms with Crippen molar-refractivity contribution in [3.63, 3.8) is 0 Å². The summed E-state index contributed by atoms with van der Waals surface area (Å²) in [6.07, 6.45) is 9.62. The number of aliphatic carboxylic acids is 1. The molecule has 0 spiro atoms. The van der Waals surface area contributed by atoms with Crippen molar-refractivity contribution in [3.8, 4) is 0 Å². The number of nitrogens with one attached hydrogen (secondary N) is 1. The van der Waals surface area contributed by atoms with E-state index in [2.05, 4.69) is 11.4 Å². The lowest BCUT2D eigenvalue weighted by atomic mass is 9.95. The Balaban J connectivity index is 1.79. The van der Waals surface area contributed by atoms with E-state index in [0.717, 1.165) is 18.4 Å². The minimum atomic E-state index is -0.743. The van der Waals surface area contributed by atoms with E-state index in [1.54, 1.807) is 0 Å². The standard InChI is InChI=1S/C18H25NO2/c20-18(21)17(19-14-7-3-1-2-4-8-14)16-10-6-5-9-15(16)13-11-12-13/h5-6,9-10,13-14,17,19H,1-4,7-8,11-12H2,(H,20,21). The Morgan fingerprint density at radius 1 is 1.05 bits per heavy atom. The fraction of sp³-hybridized carbons (Fsp3) is 0.611. The van der Waals surface area contributed by atoms with Crippen LogP contribution in [0.2, 0.25) is 0 Å². The van der Waals surface area contributed by atoms with Crippen molar-refractivity contribution in [2.24, 2.45) is 0 Å². The minimum Gasteiger partial charge on any atom is -0.480 e. The van der Waals surface area contributed by atoms with Gasteiger partial charge in [0, 0.05) is 6.04 Å². The van der Waals surface area contributed by atoms with Gasteiger partial charge in [0.15, 0.2) is 0 Å². The van der Waals surface area contributed by atoms with Crippen LogP contribution in [0, 0.1) is 0 Å². The summed E-state index contributed by atoms with van der Waals surface area (Å²) >= 11 is 0. The third-order valence-electron chi connectivity index (χ3n) is 4.83. The molecule has 1 unspecified atom stereocenters. The summed E-state index contributed by atoms with van der Waals surface area (Å²) in [5.41, 5.74) is 2.22. The molecule has 0 aliphatic heterocycles. The molecule has 1 aromatic rings. The lowest BCUT2D eigenvalue weighted by Gasteiger charge is -2.24. The molecule has 114 valence electrons. The second-order valence-corrected chi connectivity index (χ2v) is 6.53. The van der Waals surface area contributed by atoms with Gasteiger partial charge in [-0.05, 0) is 42.7 Å². The molecule has 2 aliphatic carbocycles. The molecule has 0 heterocycles. The van der Waals surface area contributed by atoms with Gasteiger partial charge in [0.2, 0.25) is 0 Å². The van der Waals surface area contributed by atoms with Gasteiger partial charge < -0.3 is 5.11 Å². The Morgan fingerprint density at radius 2 is 1.71 bits per heavy atom. The highest BCUT2D eigenvalue weighted by atomic mass is 16.4. The maximum Gasteiger partial charge on any atom is 0.325 e. The predicted octanol–water partition coefficient (Wildman–Crippen LogP) is 4.00. The monoisotopic (exact) mass is 287 g/mol. The molecule has 2 fully saturated rings. The number of benzene rings is 1. The van der Waals surface area contributed by atoms with Crippen molar-refractivity contribution in [3.05, 3.63) is 35.4 Å². The highest BCUT2D eigenvalue weighted by molar-refractivity contribution is 5.76. The summed E-state index contributed by atoms with van der Waals surface area (Å²) < 4.78 is 0. The molecular formula is C18H25NO2. The van der Waals surface area contributed by atoms with E-state index in [0.29, 0.717) is 12.0 Å². The van der Waals surface area contributed by atoms with E-state index in [9.17, 15) is 9.90 Å². The van der Waals surface area contributed by atoms with Crippen LogP contribution in [-0.4, -0.2) is 17.1 Å². The fourth-order valence-corrected chi connectivity index (χ4v) is 3.52. The quantitative estimate of drug-likeness (QED) is 0.805. The van der Waals surface area contributed by atoms with Gasteiger partial charge in [-0.15, -0.1) is 0 Å². The van der Waals surface area contributed by atoms with Gasteiger partial charge >= 0.3 is 5.97 Å². The van der Waals surface area contributed by atoms with Gasteiger partial charge in [0.1, 0.15) is 6.04 Å². The summed E-state index contributed by atoms with van der Waals surface area (Å²) in [5.74, 6) is -0.161. The van der Waals surface area contributed by atoms with Crippen LogP contribution in [0.4, 0.5) is 0 Å². The second kappa shape index (κ2) is 6.61. The van der Waals surface area contributed by atoms with Crippen LogP contribution in [0.1, 0.15) is 74.5 Å². The van der Waals surface area contributed by atoms with Gasteiger partial charge in [-0.25, -0.2) is 0 Å². The lowest BCUT2D eigenvalue weighted by Crippen LogP contribution is -2.37. The van der Waals surface area contributed by atoms with Crippen LogP contribution >= 0.6 is 0 Å². The highest BCUT2D eigenvalue weighted by Crippen LogP contribution is 2.43. The van der Waals surface area contributed by atoms with Gasteiger partial charge in [-0.3, -0.25) is 10.1 Å². The zero-order valence-electron chi connectivity index (χ0n) is 12.6. The van der Waals surface area contributed by atoms with Gasteiger partial charge in [0.05, 0.1) is 0 Å². The second-order valence-electron chi connectivity index (χ2n) is 6.53. The molecule has 2 saturated carbocycles. The third kappa shape index (κ3) is 3.65. The van der Waals surface area contributed by atoms with Crippen LogP contribution < -0.4 is 5.32 Å². The Morgan fingerprint density at radius 3 is 2.33 bits per heavy atom. The van der Waals surface area contributed by atoms with Crippen LogP contribution in [0.3, 0.4) is 0 Å². The van der Waals surface area contributed by atoms with E-state index in [-0.39, 0.29) is 0 Å². The largest absolute Gasteiger partial charge is 0.480 e. The summed E-state index contributed by atoms with van der Waals surface area (Å²) in [4.78, 5) is 11.8. The zero-order chi connectivity index (χ0) is 14.7. The fourth-order valence-electron chi connectivity index (χ4n) is 3.52. The first-order chi connectivity index (χ1) is 10.3. The van der Waals surface area contributed by atoms with E-state index >= 15 is 0 Å². The van der Waals surface area contributed by atoms with Crippen LogP contribution in [-0.2, 0) is 4.79 Å². The van der Waals surface area contributed by atoms with Crippen LogP contribution in [0.25, 0.3) is 0 Å². The maximum atomic E-state index is 11.8. The predicted molar refractivity (Wildman–Crippen MR) is 83.4 cm³/mol. The van der Waals surface area contributed by atoms with E-state index < -0.39 is 12.0 Å². The first kappa shape index (κ1) is 14.6. The molecule has 1 atom stereocenters. The topological polar surface area (TPSA) is 49.3 Å². The van der Waals surface area contributed by atoms with Crippen molar-refractivity contribution < 1.29 is 9.90 Å². The van der Waals surface area contributed by atoms with Crippen molar-refractivity contribution in [1.29, 1.82) is 0 Å². The molecule has 3 heteroatoms. The lowest BCUT2D eigenvalue weighted by molar-refractivity contribution is -0.140. The average molecular weight is 287 g/mol. The Bertz CT molecular complexity index is 488. The Kier molecular flexibility index (Phi) is 4.59. The van der Waals surface area contributed by atoms with Gasteiger partial charge in [0.25, 0.3) is 0 Å². The first-order valence-corrected chi connectivity index (χ1v) is 8.33. The third-order valence-corrected chi connectivity index (χ3v) is 4.83. The number of hydrogen-bond donors (Lipinski definition) is 2. The number of carbonyl (C=O) groups is 1. The molecule has 3 rings (SSSR count). The highest BCUT2D eigenvalue weighted by Gasteiger charge is 2.31. The van der Waals surface area contributed by atoms with Crippen LogP contribution in [0.15, 0.2) is 24.3 Å². The molecule has 0 amide bonds. The smallest absolute Gasteiger partial charge is 0.325 e. The molecule has 1 aromatic carbocycles. The Labute approximate surface area is 126 Å². The van der Waals surface area contributed by atoms with Crippen molar-refractivity contribution in [2.45, 2.75) is 69.4 Å². The molecule has 3 nitrogen and oxygen atoms in total. The zero-order valence-corrected chi connectivity index (χ0v) is 12.6. The van der Waals surface area contributed by atoms with E-state index in [1.807, 2.05) is 18.2 Å². The molecule has 0 saturated heterocycles. The Hall–Kier alpha value is -1.35. The van der Waals surface area contributed by atoms with Crippen molar-refractivity contribution >= 4 is 5.97 Å². The number of rotatable bonds is 5. The van der Waals surface area contributed by atoms with E-state index in [4.69, 9.17) is 0 Å². The van der Waals surface area contributed by atoms with Crippen molar-refractivity contribution in [1.82, 2.24) is 5.32 Å². The SMILES string of the molecule is O=C(O)C(NC1CCCCCC1)c1ccccc1C1CC1. The number of hydrogen-bond acceptors (Lipinski definition) is 2. The molecule has 0 radical (unpaired) electrons. The van der Waals surface area contributed by atoms with Gasteiger partial charge in [-0.2, -0.15) is 0 Å². The summed E-state index contributed by atoms with van der Waals surface area (Å²) in [5, 5.41) is 13.1. The summed E-state index contributed by atoms with van der Waals surface area (Å²) in [6.45, 7) is 0.